The maximum atomic E-state index is 12.5. The first-order valence-corrected chi connectivity index (χ1v) is 7.73. The van der Waals surface area contributed by atoms with Gasteiger partial charge in [0.1, 0.15) is 10.6 Å². The Bertz CT molecular complexity index is 601. The fourth-order valence-corrected chi connectivity index (χ4v) is 3.68. The minimum Gasteiger partial charge on any atom is -0.375 e. The lowest BCUT2D eigenvalue weighted by Gasteiger charge is -2.35. The van der Waals surface area contributed by atoms with Crippen LogP contribution in [-0.4, -0.2) is 43.0 Å². The number of rotatable bonds is 2. The summed E-state index contributed by atoms with van der Waals surface area (Å²) in [7, 11) is -3.88. The van der Waals surface area contributed by atoms with Gasteiger partial charge in [0.25, 0.3) is 0 Å². The molecule has 0 bridgehead atoms. The van der Waals surface area contributed by atoms with Crippen molar-refractivity contribution in [1.29, 1.82) is 0 Å². The molecular formula is C12H15F3N2O3S. The summed E-state index contributed by atoms with van der Waals surface area (Å²) in [5, 5.41) is 0. The van der Waals surface area contributed by atoms with Crippen molar-refractivity contribution in [3.8, 4) is 0 Å². The second-order valence-electron chi connectivity index (χ2n) is 4.94. The molecule has 0 amide bonds. The molecule has 1 aliphatic heterocycles. The molecule has 0 aromatic carbocycles. The zero-order valence-corrected chi connectivity index (χ0v) is 12.3. The van der Waals surface area contributed by atoms with Crippen LogP contribution in [0.1, 0.15) is 19.5 Å². The fourth-order valence-electron chi connectivity index (χ4n) is 2.04. The van der Waals surface area contributed by atoms with Crippen LogP contribution in [0.15, 0.2) is 23.2 Å². The molecule has 0 aliphatic carbocycles. The van der Waals surface area contributed by atoms with Crippen molar-refractivity contribution in [3.05, 3.63) is 24.0 Å². The highest BCUT2D eigenvalue weighted by molar-refractivity contribution is 7.89. The standard InChI is InChI=1S/C12H15F3N2O3S/c1-8-7-20-9(2)6-17(8)21(18,19)10-3-4-11(16-5-10)12(13,14)15/h3-5,8-9H,6-7H2,1-2H3/t8-,9-/m0/s1. The molecule has 0 spiro atoms. The minimum absolute atomic E-state index is 0.157. The Labute approximate surface area is 120 Å². The lowest BCUT2D eigenvalue weighted by Crippen LogP contribution is -2.50. The largest absolute Gasteiger partial charge is 0.433 e. The van der Waals surface area contributed by atoms with Crippen molar-refractivity contribution < 1.29 is 26.3 Å². The summed E-state index contributed by atoms with van der Waals surface area (Å²) >= 11 is 0. The third-order valence-corrected chi connectivity index (χ3v) is 5.15. The molecule has 0 saturated carbocycles. The first-order chi connectivity index (χ1) is 9.62. The number of sulfonamides is 1. The maximum Gasteiger partial charge on any atom is 0.433 e. The topological polar surface area (TPSA) is 59.5 Å². The van der Waals surface area contributed by atoms with Crippen LogP contribution >= 0.6 is 0 Å². The van der Waals surface area contributed by atoms with Crippen molar-refractivity contribution in [2.75, 3.05) is 13.2 Å². The average molecular weight is 324 g/mol. The lowest BCUT2D eigenvalue weighted by molar-refractivity contribution is -0.141. The molecule has 2 atom stereocenters. The lowest BCUT2D eigenvalue weighted by atomic mass is 10.2. The number of hydrogen-bond donors (Lipinski definition) is 0. The normalized spacial score (nSPS) is 25.0. The van der Waals surface area contributed by atoms with Gasteiger partial charge in [0, 0.05) is 18.8 Å². The molecule has 0 radical (unpaired) electrons. The Hall–Kier alpha value is -1.19. The molecule has 0 N–H and O–H groups in total. The second kappa shape index (κ2) is 5.54. The second-order valence-corrected chi connectivity index (χ2v) is 6.84. The number of alkyl halides is 3. The Morgan fingerprint density at radius 1 is 1.33 bits per heavy atom. The maximum absolute atomic E-state index is 12.5. The summed E-state index contributed by atoms with van der Waals surface area (Å²) in [4.78, 5) is 2.94. The first kappa shape index (κ1) is 16.2. The Kier molecular flexibility index (Phi) is 4.27. The van der Waals surface area contributed by atoms with Crippen molar-refractivity contribution in [1.82, 2.24) is 9.29 Å². The van der Waals surface area contributed by atoms with Gasteiger partial charge in [-0.2, -0.15) is 17.5 Å². The van der Waals surface area contributed by atoms with Gasteiger partial charge in [-0.25, -0.2) is 8.42 Å². The third-order valence-electron chi connectivity index (χ3n) is 3.18. The highest BCUT2D eigenvalue weighted by atomic mass is 32.2. The van der Waals surface area contributed by atoms with Crippen molar-refractivity contribution >= 4 is 10.0 Å². The van der Waals surface area contributed by atoms with E-state index < -0.39 is 21.9 Å². The predicted octanol–water partition coefficient (Wildman–Crippen LogP) is 1.90. The van der Waals surface area contributed by atoms with Gasteiger partial charge >= 0.3 is 6.18 Å². The van der Waals surface area contributed by atoms with E-state index in [-0.39, 0.29) is 30.2 Å². The van der Waals surface area contributed by atoms with Gasteiger partial charge in [0.15, 0.2) is 0 Å². The van der Waals surface area contributed by atoms with E-state index in [1.807, 2.05) is 0 Å². The zero-order valence-electron chi connectivity index (χ0n) is 11.5. The quantitative estimate of drug-likeness (QED) is 0.834. The minimum atomic E-state index is -4.59. The third kappa shape index (κ3) is 3.35. The van der Waals surface area contributed by atoms with Crippen molar-refractivity contribution in [2.45, 2.75) is 37.1 Å². The molecule has 2 rings (SSSR count). The number of hydrogen-bond acceptors (Lipinski definition) is 4. The Morgan fingerprint density at radius 3 is 2.52 bits per heavy atom. The number of ether oxygens (including phenoxy) is 1. The van der Waals surface area contributed by atoms with Gasteiger partial charge < -0.3 is 4.74 Å². The molecule has 2 heterocycles. The van der Waals surface area contributed by atoms with Crippen molar-refractivity contribution in [3.63, 3.8) is 0 Å². The van der Waals surface area contributed by atoms with Crippen LogP contribution in [0, 0.1) is 0 Å². The van der Waals surface area contributed by atoms with Gasteiger partial charge in [-0.3, -0.25) is 4.98 Å². The van der Waals surface area contributed by atoms with E-state index in [0.29, 0.717) is 6.07 Å². The van der Waals surface area contributed by atoms with Crippen molar-refractivity contribution in [2.24, 2.45) is 0 Å². The van der Waals surface area contributed by atoms with Gasteiger partial charge in [-0.05, 0) is 26.0 Å². The summed E-state index contributed by atoms with van der Waals surface area (Å²) in [5.74, 6) is 0. The molecule has 9 heteroatoms. The van der Waals surface area contributed by atoms with Gasteiger partial charge in [0.05, 0.1) is 12.7 Å². The van der Waals surface area contributed by atoms with Gasteiger partial charge in [-0.1, -0.05) is 0 Å². The summed E-state index contributed by atoms with van der Waals surface area (Å²) in [5.41, 5.74) is -1.12. The van der Waals surface area contributed by atoms with E-state index in [9.17, 15) is 21.6 Å². The molecule has 1 fully saturated rings. The number of morpholine rings is 1. The van der Waals surface area contributed by atoms with Gasteiger partial charge in [0.2, 0.25) is 10.0 Å². The molecule has 1 aliphatic rings. The van der Waals surface area contributed by atoms with E-state index in [1.54, 1.807) is 13.8 Å². The molecule has 21 heavy (non-hydrogen) atoms. The van der Waals surface area contributed by atoms with Crippen LogP contribution in [0.25, 0.3) is 0 Å². The SMILES string of the molecule is C[C@H]1CN(S(=O)(=O)c2ccc(C(F)(F)F)nc2)[C@@H](C)CO1. The number of pyridine rings is 1. The van der Waals surface area contributed by atoms with Crippen LogP contribution in [0.5, 0.6) is 0 Å². The molecule has 5 nitrogen and oxygen atoms in total. The van der Waals surface area contributed by atoms with Crippen LogP contribution in [0.2, 0.25) is 0 Å². The summed E-state index contributed by atoms with van der Waals surface area (Å²) in [6, 6.07) is 1.22. The number of aromatic nitrogens is 1. The Morgan fingerprint density at radius 2 is 2.00 bits per heavy atom. The molecular weight excluding hydrogens is 309 g/mol. The number of nitrogens with zero attached hydrogens (tertiary/aromatic N) is 2. The molecule has 1 saturated heterocycles. The van der Waals surface area contributed by atoms with E-state index in [4.69, 9.17) is 4.74 Å². The average Bonchev–Trinajstić information content (AvgIpc) is 2.40. The molecule has 0 unspecified atom stereocenters. The summed E-state index contributed by atoms with van der Waals surface area (Å²) < 4.78 is 68.8. The zero-order chi connectivity index (χ0) is 15.8. The van der Waals surface area contributed by atoms with E-state index >= 15 is 0 Å². The van der Waals surface area contributed by atoms with E-state index in [1.165, 1.54) is 4.31 Å². The summed E-state index contributed by atoms with van der Waals surface area (Å²) in [6.07, 6.45) is -4.12. The highest BCUT2D eigenvalue weighted by Gasteiger charge is 2.36. The molecule has 118 valence electrons. The van der Waals surface area contributed by atoms with E-state index in [2.05, 4.69) is 4.98 Å². The van der Waals surface area contributed by atoms with E-state index in [0.717, 1.165) is 12.3 Å². The fraction of sp³-hybridized carbons (Fsp3) is 0.583. The molecule has 1 aromatic heterocycles. The van der Waals surface area contributed by atoms with Crippen LogP contribution in [-0.2, 0) is 20.9 Å². The van der Waals surface area contributed by atoms with Gasteiger partial charge in [-0.15, -0.1) is 0 Å². The molecule has 1 aromatic rings. The monoisotopic (exact) mass is 324 g/mol. The smallest absolute Gasteiger partial charge is 0.375 e. The predicted molar refractivity (Wildman–Crippen MR) is 68.0 cm³/mol. The van der Waals surface area contributed by atoms with Crippen LogP contribution in [0.3, 0.4) is 0 Å². The highest BCUT2D eigenvalue weighted by Crippen LogP contribution is 2.29. The van der Waals surface area contributed by atoms with Crippen LogP contribution < -0.4 is 0 Å². The number of halogens is 3. The van der Waals surface area contributed by atoms with Crippen LogP contribution in [0.4, 0.5) is 13.2 Å². The summed E-state index contributed by atoms with van der Waals surface area (Å²) in [6.45, 7) is 3.82. The Balaban J connectivity index is 2.31. The first-order valence-electron chi connectivity index (χ1n) is 6.29.